The van der Waals surface area contributed by atoms with Gasteiger partial charge < -0.3 is 20.3 Å². The van der Waals surface area contributed by atoms with E-state index in [4.69, 9.17) is 4.74 Å². The van der Waals surface area contributed by atoms with Gasteiger partial charge in [-0.3, -0.25) is 4.79 Å². The molecule has 1 saturated heterocycles. The Balaban J connectivity index is 1.93. The lowest BCUT2D eigenvalue weighted by Gasteiger charge is -2.35. The Labute approximate surface area is 157 Å². The number of aliphatic imine (C=N–C) groups is 1. The van der Waals surface area contributed by atoms with Gasteiger partial charge in [0.1, 0.15) is 12.1 Å². The fourth-order valence-corrected chi connectivity index (χ4v) is 3.00. The fourth-order valence-electron chi connectivity index (χ4n) is 3.00. The normalized spacial score (nSPS) is 18.4. The summed E-state index contributed by atoms with van der Waals surface area (Å²) in [5.74, 6) is 0.350. The molecule has 2 rings (SSSR count). The van der Waals surface area contributed by atoms with Crippen LogP contribution in [-0.2, 0) is 9.53 Å². The first kappa shape index (κ1) is 20.1. The lowest BCUT2D eigenvalue weighted by atomic mass is 10.1. The van der Waals surface area contributed by atoms with Crippen molar-refractivity contribution in [3.63, 3.8) is 0 Å². The number of piperidine rings is 1. The SMILES string of the molecule is CCNC(=NCC(=O)OC(C)(C)C)NC1CCCN(c2ccccc2)C1. The van der Waals surface area contributed by atoms with Crippen LogP contribution in [0.15, 0.2) is 35.3 Å². The molecule has 0 spiro atoms. The van der Waals surface area contributed by atoms with Gasteiger partial charge in [0.15, 0.2) is 5.96 Å². The summed E-state index contributed by atoms with van der Waals surface area (Å²) >= 11 is 0. The maximum Gasteiger partial charge on any atom is 0.328 e. The molecule has 1 aromatic carbocycles. The summed E-state index contributed by atoms with van der Waals surface area (Å²) in [5.41, 5.74) is 0.757. The summed E-state index contributed by atoms with van der Waals surface area (Å²) < 4.78 is 5.32. The van der Waals surface area contributed by atoms with Gasteiger partial charge in [-0.1, -0.05) is 18.2 Å². The number of ether oxygens (including phenoxy) is 1. The molecule has 1 fully saturated rings. The van der Waals surface area contributed by atoms with Gasteiger partial charge in [-0.25, -0.2) is 4.99 Å². The molecule has 0 amide bonds. The van der Waals surface area contributed by atoms with E-state index in [1.165, 1.54) is 5.69 Å². The summed E-state index contributed by atoms with van der Waals surface area (Å²) in [5, 5.41) is 6.68. The maximum atomic E-state index is 11.9. The summed E-state index contributed by atoms with van der Waals surface area (Å²) in [6, 6.07) is 10.8. The number of anilines is 1. The number of nitrogens with one attached hydrogen (secondary N) is 2. The lowest BCUT2D eigenvalue weighted by molar-refractivity contribution is -0.152. The van der Waals surface area contributed by atoms with Gasteiger partial charge in [0.25, 0.3) is 0 Å². The van der Waals surface area contributed by atoms with E-state index in [1.807, 2.05) is 33.8 Å². The first-order valence-corrected chi connectivity index (χ1v) is 9.44. The highest BCUT2D eigenvalue weighted by atomic mass is 16.6. The minimum absolute atomic E-state index is 0.0156. The van der Waals surface area contributed by atoms with Gasteiger partial charge in [-0.2, -0.15) is 0 Å². The van der Waals surface area contributed by atoms with Crippen molar-refractivity contribution in [1.82, 2.24) is 10.6 Å². The third-order valence-electron chi connectivity index (χ3n) is 4.01. The summed E-state index contributed by atoms with van der Waals surface area (Å²) in [6.07, 6.45) is 2.21. The second kappa shape index (κ2) is 9.46. The lowest BCUT2D eigenvalue weighted by Crippen LogP contribution is -2.51. The largest absolute Gasteiger partial charge is 0.459 e. The Morgan fingerprint density at radius 2 is 2.04 bits per heavy atom. The van der Waals surface area contributed by atoms with Crippen LogP contribution in [0.5, 0.6) is 0 Å². The molecule has 2 N–H and O–H groups in total. The average molecular weight is 361 g/mol. The van der Waals surface area contributed by atoms with Crippen LogP contribution in [-0.4, -0.2) is 49.8 Å². The summed E-state index contributed by atoms with van der Waals surface area (Å²) in [6.45, 7) is 10.3. The zero-order valence-electron chi connectivity index (χ0n) is 16.4. The minimum Gasteiger partial charge on any atom is -0.459 e. The van der Waals surface area contributed by atoms with Crippen LogP contribution in [0.3, 0.4) is 0 Å². The first-order chi connectivity index (χ1) is 12.4. The van der Waals surface area contributed by atoms with Crippen molar-refractivity contribution in [2.24, 2.45) is 4.99 Å². The highest BCUT2D eigenvalue weighted by Gasteiger charge is 2.21. The van der Waals surface area contributed by atoms with Crippen molar-refractivity contribution in [3.8, 4) is 0 Å². The van der Waals surface area contributed by atoms with E-state index < -0.39 is 5.60 Å². The molecule has 0 bridgehead atoms. The van der Waals surface area contributed by atoms with E-state index in [0.29, 0.717) is 12.0 Å². The van der Waals surface area contributed by atoms with E-state index in [-0.39, 0.29) is 12.5 Å². The third kappa shape index (κ3) is 6.94. The molecule has 0 saturated carbocycles. The number of nitrogens with zero attached hydrogens (tertiary/aromatic N) is 2. The molecular formula is C20H32N4O2. The smallest absolute Gasteiger partial charge is 0.328 e. The Hall–Kier alpha value is -2.24. The van der Waals surface area contributed by atoms with Crippen LogP contribution in [0.1, 0.15) is 40.5 Å². The van der Waals surface area contributed by atoms with Crippen LogP contribution in [0.4, 0.5) is 5.69 Å². The van der Waals surface area contributed by atoms with Crippen molar-refractivity contribution in [2.45, 2.75) is 52.2 Å². The zero-order valence-corrected chi connectivity index (χ0v) is 16.4. The van der Waals surface area contributed by atoms with Crippen LogP contribution < -0.4 is 15.5 Å². The Morgan fingerprint density at radius 1 is 1.31 bits per heavy atom. The van der Waals surface area contributed by atoms with E-state index in [0.717, 1.165) is 32.5 Å². The number of guanidine groups is 1. The predicted molar refractivity (Wildman–Crippen MR) is 107 cm³/mol. The molecule has 0 radical (unpaired) electrons. The van der Waals surface area contributed by atoms with Crippen molar-refractivity contribution >= 4 is 17.6 Å². The molecule has 6 nitrogen and oxygen atoms in total. The molecule has 144 valence electrons. The maximum absolute atomic E-state index is 11.9. The second-order valence-corrected chi connectivity index (χ2v) is 7.55. The number of rotatable bonds is 5. The Morgan fingerprint density at radius 3 is 2.69 bits per heavy atom. The quantitative estimate of drug-likeness (QED) is 0.480. The van der Waals surface area contributed by atoms with Crippen LogP contribution in [0, 0.1) is 0 Å². The molecule has 1 aliphatic heterocycles. The molecule has 0 aliphatic carbocycles. The van der Waals surface area contributed by atoms with Crippen molar-refractivity contribution in [3.05, 3.63) is 30.3 Å². The third-order valence-corrected chi connectivity index (χ3v) is 4.01. The number of benzene rings is 1. The topological polar surface area (TPSA) is 66.0 Å². The summed E-state index contributed by atoms with van der Waals surface area (Å²) in [4.78, 5) is 18.7. The van der Waals surface area contributed by atoms with Crippen molar-refractivity contribution in [1.29, 1.82) is 0 Å². The number of hydrogen-bond donors (Lipinski definition) is 2. The van der Waals surface area contributed by atoms with Crippen LogP contribution >= 0.6 is 0 Å². The first-order valence-electron chi connectivity index (χ1n) is 9.44. The molecule has 0 aromatic heterocycles. The van der Waals surface area contributed by atoms with Gasteiger partial charge >= 0.3 is 5.97 Å². The molecule has 1 unspecified atom stereocenters. The van der Waals surface area contributed by atoms with Gasteiger partial charge in [-0.15, -0.1) is 0 Å². The van der Waals surface area contributed by atoms with Crippen molar-refractivity contribution < 1.29 is 9.53 Å². The number of hydrogen-bond acceptors (Lipinski definition) is 4. The van der Waals surface area contributed by atoms with Gasteiger partial charge in [0.05, 0.1) is 0 Å². The monoisotopic (exact) mass is 360 g/mol. The molecule has 1 heterocycles. The molecule has 1 aliphatic rings. The Kier molecular flexibility index (Phi) is 7.30. The van der Waals surface area contributed by atoms with Gasteiger partial charge in [0, 0.05) is 31.4 Å². The van der Waals surface area contributed by atoms with E-state index in [1.54, 1.807) is 0 Å². The number of esters is 1. The summed E-state index contributed by atoms with van der Waals surface area (Å²) in [7, 11) is 0. The second-order valence-electron chi connectivity index (χ2n) is 7.55. The zero-order chi connectivity index (χ0) is 19.0. The van der Waals surface area contributed by atoms with E-state index in [2.05, 4.69) is 44.8 Å². The van der Waals surface area contributed by atoms with Crippen LogP contribution in [0.25, 0.3) is 0 Å². The molecular weight excluding hydrogens is 328 g/mol. The number of para-hydroxylation sites is 1. The Bertz CT molecular complexity index is 596. The predicted octanol–water partition coefficient (Wildman–Crippen LogP) is 2.55. The number of carbonyl (C=O) groups excluding carboxylic acids is 1. The average Bonchev–Trinajstić information content (AvgIpc) is 2.59. The van der Waals surface area contributed by atoms with Crippen molar-refractivity contribution in [2.75, 3.05) is 31.1 Å². The highest BCUT2D eigenvalue weighted by Crippen LogP contribution is 2.19. The minimum atomic E-state index is -0.488. The number of carbonyl (C=O) groups is 1. The van der Waals surface area contributed by atoms with Gasteiger partial charge in [0.2, 0.25) is 0 Å². The standard InChI is InChI=1S/C20H32N4O2/c1-5-21-19(22-14-18(25)26-20(2,3)4)23-16-10-9-13-24(15-16)17-11-7-6-8-12-17/h6-8,11-12,16H,5,9-10,13-15H2,1-4H3,(H2,21,22,23). The molecule has 1 atom stereocenters. The molecule has 26 heavy (non-hydrogen) atoms. The van der Waals surface area contributed by atoms with Crippen LogP contribution in [0.2, 0.25) is 0 Å². The van der Waals surface area contributed by atoms with E-state index in [9.17, 15) is 4.79 Å². The molecule has 1 aromatic rings. The fraction of sp³-hybridized carbons (Fsp3) is 0.600. The highest BCUT2D eigenvalue weighted by molar-refractivity contribution is 5.83. The molecule has 6 heteroatoms. The van der Waals surface area contributed by atoms with Gasteiger partial charge in [-0.05, 0) is 52.7 Å². The van der Waals surface area contributed by atoms with E-state index >= 15 is 0 Å².